The van der Waals surface area contributed by atoms with Crippen LogP contribution in [0, 0.1) is 13.8 Å². The van der Waals surface area contributed by atoms with E-state index in [9.17, 15) is 0 Å². The summed E-state index contributed by atoms with van der Waals surface area (Å²) in [6.07, 6.45) is 3.47. The van der Waals surface area contributed by atoms with E-state index in [4.69, 9.17) is 15.0 Å². The lowest BCUT2D eigenvalue weighted by Gasteiger charge is -2.17. The van der Waals surface area contributed by atoms with E-state index in [1.54, 1.807) is 6.20 Å². The van der Waals surface area contributed by atoms with Crippen molar-refractivity contribution >= 4 is 5.82 Å². The van der Waals surface area contributed by atoms with E-state index in [1.165, 1.54) is 0 Å². The van der Waals surface area contributed by atoms with Crippen LogP contribution in [0.4, 0.5) is 5.82 Å². The minimum atomic E-state index is 0.463. The summed E-state index contributed by atoms with van der Waals surface area (Å²) in [5.41, 5.74) is 10.6. The Balaban J connectivity index is 1.89. The highest BCUT2D eigenvalue weighted by Gasteiger charge is 2.16. The molecule has 0 saturated carbocycles. The molecule has 0 saturated heterocycles. The second kappa shape index (κ2) is 9.71. The molecule has 0 bridgehead atoms. The summed E-state index contributed by atoms with van der Waals surface area (Å²) in [6, 6.07) is 6.14. The van der Waals surface area contributed by atoms with E-state index in [0.29, 0.717) is 24.9 Å². The monoisotopic (exact) mass is 409 g/mol. The van der Waals surface area contributed by atoms with Crippen LogP contribution in [0.2, 0.25) is 0 Å². The third kappa shape index (κ3) is 4.62. The predicted octanol–water partition coefficient (Wildman–Crippen LogP) is 4.16. The Hall–Kier alpha value is -2.93. The second-order valence-corrected chi connectivity index (χ2v) is 7.43. The van der Waals surface area contributed by atoms with Crippen LogP contribution in [0.25, 0.3) is 22.8 Å². The molecule has 0 amide bonds. The zero-order valence-corrected chi connectivity index (χ0v) is 18.5. The topological polar surface area (TPSA) is 90.3 Å². The number of hydrogen-bond donors (Lipinski definition) is 1. The van der Waals surface area contributed by atoms with Crippen molar-refractivity contribution in [3.8, 4) is 28.6 Å². The molecule has 0 unspecified atom stereocenters. The highest BCUT2D eigenvalue weighted by molar-refractivity contribution is 5.64. The maximum atomic E-state index is 5.96. The molecular weight excluding hydrogens is 378 g/mol. The van der Waals surface area contributed by atoms with Gasteiger partial charge in [0.15, 0.2) is 0 Å². The summed E-state index contributed by atoms with van der Waals surface area (Å²) in [6.45, 7) is 10.4. The Bertz CT molecular complexity index is 999. The third-order valence-corrected chi connectivity index (χ3v) is 5.15. The molecule has 0 aliphatic rings. The largest absolute Gasteiger partial charge is 0.493 e. The van der Waals surface area contributed by atoms with Gasteiger partial charge in [-0.3, -0.25) is 0 Å². The molecule has 0 aliphatic carbocycles. The maximum absolute atomic E-state index is 5.96. The van der Waals surface area contributed by atoms with E-state index < -0.39 is 0 Å². The van der Waals surface area contributed by atoms with E-state index in [2.05, 4.69) is 39.9 Å². The molecule has 2 heterocycles. The zero-order valence-electron chi connectivity index (χ0n) is 18.5. The van der Waals surface area contributed by atoms with Gasteiger partial charge in [0.1, 0.15) is 11.6 Å². The minimum Gasteiger partial charge on any atom is -0.493 e. The molecule has 160 valence electrons. The summed E-state index contributed by atoms with van der Waals surface area (Å²) >= 11 is 0. The summed E-state index contributed by atoms with van der Waals surface area (Å²) in [5.74, 6) is 2.90. The van der Waals surface area contributed by atoms with E-state index >= 15 is 0 Å². The SMILES string of the molecule is CCc1cc(-c2noc(-c3cnc(N(C)CC)c(C)c3)n2)cc(C)c1OCCCN. The normalized spacial score (nSPS) is 11.0. The van der Waals surface area contributed by atoms with E-state index in [1.807, 2.05) is 33.0 Å². The fourth-order valence-electron chi connectivity index (χ4n) is 3.39. The fraction of sp³-hybridized carbons (Fsp3) is 0.435. The Morgan fingerprint density at radius 2 is 1.87 bits per heavy atom. The van der Waals surface area contributed by atoms with Crippen LogP contribution in [0.5, 0.6) is 5.75 Å². The summed E-state index contributed by atoms with van der Waals surface area (Å²) in [4.78, 5) is 11.3. The molecule has 0 spiro atoms. The van der Waals surface area contributed by atoms with Crippen LogP contribution in [-0.2, 0) is 6.42 Å². The van der Waals surface area contributed by atoms with Crippen molar-refractivity contribution in [2.45, 2.75) is 40.5 Å². The van der Waals surface area contributed by atoms with E-state index in [-0.39, 0.29) is 0 Å². The lowest BCUT2D eigenvalue weighted by molar-refractivity contribution is 0.308. The van der Waals surface area contributed by atoms with Gasteiger partial charge >= 0.3 is 0 Å². The number of aryl methyl sites for hydroxylation is 3. The van der Waals surface area contributed by atoms with Crippen molar-refractivity contribution in [2.24, 2.45) is 5.73 Å². The number of nitrogens with zero attached hydrogens (tertiary/aromatic N) is 4. The predicted molar refractivity (Wildman–Crippen MR) is 120 cm³/mol. The average Bonchev–Trinajstić information content (AvgIpc) is 3.24. The molecule has 3 aromatic rings. The van der Waals surface area contributed by atoms with Gasteiger partial charge in [-0.2, -0.15) is 4.98 Å². The number of ether oxygens (including phenoxy) is 1. The summed E-state index contributed by atoms with van der Waals surface area (Å²) in [5, 5.41) is 4.21. The molecule has 0 fully saturated rings. The summed E-state index contributed by atoms with van der Waals surface area (Å²) in [7, 11) is 2.02. The van der Waals surface area contributed by atoms with Crippen molar-refractivity contribution < 1.29 is 9.26 Å². The third-order valence-electron chi connectivity index (χ3n) is 5.15. The average molecular weight is 410 g/mol. The standard InChI is InChI=1S/C23H31N5O2/c1-6-17-13-18(11-15(3)20(17)29-10-8-9-24)21-26-23(30-27-21)19-12-16(4)22(25-14-19)28(5)7-2/h11-14H,6-10,24H2,1-5H3. The van der Waals surface area contributed by atoms with E-state index in [0.717, 1.165) is 58.8 Å². The second-order valence-electron chi connectivity index (χ2n) is 7.43. The molecule has 2 aromatic heterocycles. The van der Waals surface area contributed by atoms with Crippen molar-refractivity contribution in [1.82, 2.24) is 15.1 Å². The number of pyridine rings is 1. The first-order chi connectivity index (χ1) is 14.5. The van der Waals surface area contributed by atoms with Crippen molar-refractivity contribution in [3.05, 3.63) is 41.1 Å². The number of anilines is 1. The van der Waals surface area contributed by atoms with Crippen molar-refractivity contribution in [1.29, 1.82) is 0 Å². The molecule has 7 nitrogen and oxygen atoms in total. The molecule has 2 N–H and O–H groups in total. The molecule has 7 heteroatoms. The van der Waals surface area contributed by atoms with Gasteiger partial charge in [0.05, 0.1) is 12.2 Å². The van der Waals surface area contributed by atoms with Crippen LogP contribution >= 0.6 is 0 Å². The number of nitrogens with two attached hydrogens (primary N) is 1. The van der Waals surface area contributed by atoms with Crippen LogP contribution in [0.15, 0.2) is 28.9 Å². The number of benzene rings is 1. The van der Waals surface area contributed by atoms with Gasteiger partial charge in [-0.25, -0.2) is 4.98 Å². The quantitative estimate of drug-likeness (QED) is 0.531. The van der Waals surface area contributed by atoms with Gasteiger partial charge in [0, 0.05) is 25.4 Å². The van der Waals surface area contributed by atoms with Crippen molar-refractivity contribution in [2.75, 3.05) is 31.6 Å². The Morgan fingerprint density at radius 1 is 1.10 bits per heavy atom. The van der Waals surface area contributed by atoms with Gasteiger partial charge in [0.25, 0.3) is 5.89 Å². The molecular formula is C23H31N5O2. The zero-order chi connectivity index (χ0) is 21.7. The van der Waals surface area contributed by atoms with Crippen LogP contribution in [0.1, 0.15) is 37.0 Å². The fourth-order valence-corrected chi connectivity index (χ4v) is 3.39. The Morgan fingerprint density at radius 3 is 2.53 bits per heavy atom. The molecule has 30 heavy (non-hydrogen) atoms. The van der Waals surface area contributed by atoms with Crippen LogP contribution in [-0.4, -0.2) is 41.9 Å². The first-order valence-corrected chi connectivity index (χ1v) is 10.5. The smallest absolute Gasteiger partial charge is 0.259 e. The minimum absolute atomic E-state index is 0.463. The number of rotatable bonds is 9. The Kier molecular flexibility index (Phi) is 7.05. The Labute approximate surface area is 178 Å². The lowest BCUT2D eigenvalue weighted by Crippen LogP contribution is -2.18. The summed E-state index contributed by atoms with van der Waals surface area (Å²) < 4.78 is 11.5. The van der Waals surface area contributed by atoms with Gasteiger partial charge in [-0.1, -0.05) is 12.1 Å². The first-order valence-electron chi connectivity index (χ1n) is 10.5. The molecule has 0 atom stereocenters. The van der Waals surface area contributed by atoms with Gasteiger partial charge in [-0.15, -0.1) is 0 Å². The molecule has 0 radical (unpaired) electrons. The molecule has 0 aliphatic heterocycles. The van der Waals surface area contributed by atoms with Gasteiger partial charge in [0.2, 0.25) is 5.82 Å². The van der Waals surface area contributed by atoms with Crippen LogP contribution in [0.3, 0.4) is 0 Å². The van der Waals surface area contributed by atoms with Gasteiger partial charge < -0.3 is 19.9 Å². The number of hydrogen-bond acceptors (Lipinski definition) is 7. The highest BCUT2D eigenvalue weighted by atomic mass is 16.5. The molecule has 3 rings (SSSR count). The number of aromatic nitrogens is 3. The van der Waals surface area contributed by atoms with Crippen LogP contribution < -0.4 is 15.4 Å². The molecule has 1 aromatic carbocycles. The highest BCUT2D eigenvalue weighted by Crippen LogP contribution is 2.31. The first kappa shape index (κ1) is 21.8. The lowest BCUT2D eigenvalue weighted by atomic mass is 10.0. The van der Waals surface area contributed by atoms with Gasteiger partial charge in [-0.05, 0) is 75.0 Å². The maximum Gasteiger partial charge on any atom is 0.259 e. The van der Waals surface area contributed by atoms with Crippen molar-refractivity contribution in [3.63, 3.8) is 0 Å².